The van der Waals surface area contributed by atoms with Crippen LogP contribution in [0.2, 0.25) is 0 Å². The summed E-state index contributed by atoms with van der Waals surface area (Å²) in [4.78, 5) is 0. The number of hydrogen-bond acceptors (Lipinski definition) is 2. The predicted octanol–water partition coefficient (Wildman–Crippen LogP) is 1.43. The summed E-state index contributed by atoms with van der Waals surface area (Å²) in [5, 5.41) is 9.94. The van der Waals surface area contributed by atoms with Crippen molar-refractivity contribution in [3.8, 4) is 0 Å². The van der Waals surface area contributed by atoms with Crippen LogP contribution in [0.15, 0.2) is 0 Å². The molecule has 1 saturated carbocycles. The Morgan fingerprint density at radius 3 is 2.58 bits per heavy atom. The number of aliphatic hydroxyl groups is 1. The highest BCUT2D eigenvalue weighted by atomic mass is 16.5. The second-order valence-electron chi connectivity index (χ2n) is 4.91. The van der Waals surface area contributed by atoms with Gasteiger partial charge in [0, 0.05) is 12.5 Å². The lowest BCUT2D eigenvalue weighted by Crippen LogP contribution is -2.24. The molecule has 0 radical (unpaired) electrons. The summed E-state index contributed by atoms with van der Waals surface area (Å²) in [5.74, 6) is 0.945. The molecule has 12 heavy (non-hydrogen) atoms. The SMILES string of the molecule is CC1(C)CC1C(O)C1CCOC1. The second kappa shape index (κ2) is 2.71. The predicted molar refractivity (Wildman–Crippen MR) is 46.8 cm³/mol. The van der Waals surface area contributed by atoms with Gasteiger partial charge in [-0.2, -0.15) is 0 Å². The zero-order valence-electron chi connectivity index (χ0n) is 7.92. The van der Waals surface area contributed by atoms with E-state index in [1.54, 1.807) is 0 Å². The molecule has 2 nitrogen and oxygen atoms in total. The van der Waals surface area contributed by atoms with Crippen LogP contribution in [0.1, 0.15) is 26.7 Å². The summed E-state index contributed by atoms with van der Waals surface area (Å²) >= 11 is 0. The smallest absolute Gasteiger partial charge is 0.0624 e. The lowest BCUT2D eigenvalue weighted by atomic mass is 9.94. The van der Waals surface area contributed by atoms with E-state index >= 15 is 0 Å². The Balaban J connectivity index is 1.88. The summed E-state index contributed by atoms with van der Waals surface area (Å²) in [7, 11) is 0. The molecule has 0 spiro atoms. The van der Waals surface area contributed by atoms with E-state index in [0.29, 0.717) is 17.3 Å². The Kier molecular flexibility index (Phi) is 1.92. The van der Waals surface area contributed by atoms with E-state index in [1.807, 2.05) is 0 Å². The number of rotatable bonds is 2. The van der Waals surface area contributed by atoms with Crippen molar-refractivity contribution in [1.29, 1.82) is 0 Å². The first-order chi connectivity index (χ1) is 5.61. The van der Waals surface area contributed by atoms with Gasteiger partial charge in [0.15, 0.2) is 0 Å². The molecule has 1 N–H and O–H groups in total. The minimum Gasteiger partial charge on any atom is -0.392 e. The Bertz CT molecular complexity index is 166. The summed E-state index contributed by atoms with van der Waals surface area (Å²) in [6, 6.07) is 0. The van der Waals surface area contributed by atoms with Gasteiger partial charge in [-0.25, -0.2) is 0 Å². The first kappa shape index (κ1) is 8.52. The van der Waals surface area contributed by atoms with Crippen LogP contribution >= 0.6 is 0 Å². The molecule has 2 fully saturated rings. The van der Waals surface area contributed by atoms with Crippen LogP contribution in [0.5, 0.6) is 0 Å². The standard InChI is InChI=1S/C10H18O2/c1-10(2)5-8(10)9(11)7-3-4-12-6-7/h7-9,11H,3-6H2,1-2H3. The summed E-state index contributed by atoms with van der Waals surface area (Å²) in [5.41, 5.74) is 0.391. The minimum atomic E-state index is -0.109. The minimum absolute atomic E-state index is 0.109. The fraction of sp³-hybridized carbons (Fsp3) is 1.00. The van der Waals surface area contributed by atoms with Crippen LogP contribution in [0.25, 0.3) is 0 Å². The molecule has 1 aliphatic carbocycles. The molecule has 1 aliphatic heterocycles. The maximum absolute atomic E-state index is 9.94. The van der Waals surface area contributed by atoms with Crippen LogP contribution in [0.3, 0.4) is 0 Å². The molecule has 70 valence electrons. The molecule has 3 atom stereocenters. The van der Waals surface area contributed by atoms with Gasteiger partial charge in [-0.05, 0) is 24.2 Å². The molecule has 1 saturated heterocycles. The van der Waals surface area contributed by atoms with Crippen molar-refractivity contribution in [2.24, 2.45) is 17.3 Å². The Hall–Kier alpha value is -0.0800. The van der Waals surface area contributed by atoms with Crippen LogP contribution in [-0.2, 0) is 4.74 Å². The molecule has 0 bridgehead atoms. The second-order valence-corrected chi connectivity index (χ2v) is 4.91. The average Bonchev–Trinajstić information content (AvgIpc) is 2.56. The molecule has 2 rings (SSSR count). The normalized spacial score (nSPS) is 41.2. The average molecular weight is 170 g/mol. The molecule has 3 unspecified atom stereocenters. The monoisotopic (exact) mass is 170 g/mol. The third-order valence-electron chi connectivity index (χ3n) is 3.45. The largest absolute Gasteiger partial charge is 0.392 e. The van der Waals surface area contributed by atoms with E-state index < -0.39 is 0 Å². The van der Waals surface area contributed by atoms with Crippen molar-refractivity contribution in [2.75, 3.05) is 13.2 Å². The molecule has 0 aromatic heterocycles. The Labute approximate surface area is 73.9 Å². The van der Waals surface area contributed by atoms with Gasteiger partial charge in [-0.15, -0.1) is 0 Å². The van der Waals surface area contributed by atoms with Gasteiger partial charge < -0.3 is 9.84 Å². The number of ether oxygens (including phenoxy) is 1. The zero-order valence-corrected chi connectivity index (χ0v) is 7.92. The third kappa shape index (κ3) is 1.38. The van der Waals surface area contributed by atoms with Crippen molar-refractivity contribution >= 4 is 0 Å². The highest BCUT2D eigenvalue weighted by Crippen LogP contribution is 2.55. The first-order valence-electron chi connectivity index (χ1n) is 4.87. The molecular weight excluding hydrogens is 152 g/mol. The number of hydrogen-bond donors (Lipinski definition) is 1. The maximum Gasteiger partial charge on any atom is 0.0624 e. The summed E-state index contributed by atoms with van der Waals surface area (Å²) < 4.78 is 5.26. The fourth-order valence-electron chi connectivity index (χ4n) is 2.24. The van der Waals surface area contributed by atoms with Gasteiger partial charge in [-0.1, -0.05) is 13.8 Å². The van der Waals surface area contributed by atoms with Crippen molar-refractivity contribution in [2.45, 2.75) is 32.8 Å². The summed E-state index contributed by atoms with van der Waals surface area (Å²) in [6.45, 7) is 6.08. The molecule has 1 heterocycles. The Morgan fingerprint density at radius 2 is 2.17 bits per heavy atom. The highest BCUT2D eigenvalue weighted by Gasteiger charge is 2.51. The van der Waals surface area contributed by atoms with Gasteiger partial charge in [0.05, 0.1) is 12.7 Å². The molecule has 0 aromatic carbocycles. The molecule has 0 aromatic rings. The van der Waals surface area contributed by atoms with Crippen molar-refractivity contribution in [1.82, 2.24) is 0 Å². The molecule has 2 heteroatoms. The van der Waals surface area contributed by atoms with E-state index in [0.717, 1.165) is 19.6 Å². The van der Waals surface area contributed by atoms with E-state index in [4.69, 9.17) is 4.74 Å². The van der Waals surface area contributed by atoms with E-state index in [9.17, 15) is 5.11 Å². The van der Waals surface area contributed by atoms with Gasteiger partial charge in [0.2, 0.25) is 0 Å². The van der Waals surface area contributed by atoms with E-state index in [2.05, 4.69) is 13.8 Å². The zero-order chi connectivity index (χ0) is 8.77. The van der Waals surface area contributed by atoms with Crippen LogP contribution in [-0.4, -0.2) is 24.4 Å². The van der Waals surface area contributed by atoms with Crippen molar-refractivity contribution in [3.05, 3.63) is 0 Å². The first-order valence-corrected chi connectivity index (χ1v) is 4.87. The highest BCUT2D eigenvalue weighted by molar-refractivity contribution is 5.01. The quantitative estimate of drug-likeness (QED) is 0.679. The number of aliphatic hydroxyl groups excluding tert-OH is 1. The van der Waals surface area contributed by atoms with Crippen LogP contribution in [0.4, 0.5) is 0 Å². The van der Waals surface area contributed by atoms with E-state index in [-0.39, 0.29) is 6.10 Å². The molecule has 2 aliphatic rings. The fourth-order valence-corrected chi connectivity index (χ4v) is 2.24. The molecule has 0 amide bonds. The summed E-state index contributed by atoms with van der Waals surface area (Å²) in [6.07, 6.45) is 2.13. The van der Waals surface area contributed by atoms with Crippen molar-refractivity contribution < 1.29 is 9.84 Å². The lowest BCUT2D eigenvalue weighted by molar-refractivity contribution is 0.0648. The van der Waals surface area contributed by atoms with Crippen LogP contribution in [0, 0.1) is 17.3 Å². The van der Waals surface area contributed by atoms with Gasteiger partial charge in [-0.3, -0.25) is 0 Å². The topological polar surface area (TPSA) is 29.5 Å². The molecular formula is C10H18O2. The maximum atomic E-state index is 9.94. The Morgan fingerprint density at radius 1 is 1.50 bits per heavy atom. The van der Waals surface area contributed by atoms with E-state index in [1.165, 1.54) is 6.42 Å². The van der Waals surface area contributed by atoms with Crippen molar-refractivity contribution in [3.63, 3.8) is 0 Å². The lowest BCUT2D eigenvalue weighted by Gasteiger charge is -2.17. The third-order valence-corrected chi connectivity index (χ3v) is 3.45. The van der Waals surface area contributed by atoms with Gasteiger partial charge in [0.25, 0.3) is 0 Å². The van der Waals surface area contributed by atoms with Crippen LogP contribution < -0.4 is 0 Å². The van der Waals surface area contributed by atoms with Gasteiger partial charge >= 0.3 is 0 Å². The van der Waals surface area contributed by atoms with Gasteiger partial charge in [0.1, 0.15) is 0 Å².